The predicted molar refractivity (Wildman–Crippen MR) is 145 cm³/mol. The first kappa shape index (κ1) is 30.2. The minimum Gasteiger partial charge on any atom is -0.456 e. The van der Waals surface area contributed by atoms with Gasteiger partial charge in [0.1, 0.15) is 4.21 Å². The molecule has 1 saturated heterocycles. The summed E-state index contributed by atoms with van der Waals surface area (Å²) in [6.45, 7) is 0.631. The number of amides is 1. The lowest BCUT2D eigenvalue weighted by atomic mass is 10.1. The average Bonchev–Trinajstić information content (AvgIpc) is 3.45. The molecule has 0 bridgehead atoms. The maximum atomic E-state index is 12.7. The molecule has 2 aromatic carbocycles. The molecular weight excluding hydrogens is 600 g/mol. The highest BCUT2D eigenvalue weighted by Crippen LogP contribution is 2.29. The molecule has 3 aromatic rings. The van der Waals surface area contributed by atoms with Crippen LogP contribution < -0.4 is 5.32 Å². The molecule has 0 aliphatic carbocycles. The summed E-state index contributed by atoms with van der Waals surface area (Å²) < 4.78 is 62.2. The number of carbonyl (C=O) groups excluding carboxylic acids is 2. The first-order chi connectivity index (χ1) is 19.5. The monoisotopic (exact) mass is 624 g/mol. The summed E-state index contributed by atoms with van der Waals surface area (Å²) >= 11 is 0.670. The van der Waals surface area contributed by atoms with Gasteiger partial charge < -0.3 is 9.47 Å². The highest BCUT2D eigenvalue weighted by Gasteiger charge is 2.26. The molecule has 0 radical (unpaired) electrons. The van der Waals surface area contributed by atoms with Gasteiger partial charge in [-0.2, -0.15) is 4.31 Å². The van der Waals surface area contributed by atoms with E-state index in [-0.39, 0.29) is 50.8 Å². The van der Waals surface area contributed by atoms with Gasteiger partial charge in [0.05, 0.1) is 34.1 Å². The van der Waals surface area contributed by atoms with Crippen molar-refractivity contribution in [2.45, 2.75) is 26.8 Å². The molecule has 17 heteroatoms. The van der Waals surface area contributed by atoms with Gasteiger partial charge >= 0.3 is 5.97 Å². The molecule has 1 fully saturated rings. The van der Waals surface area contributed by atoms with Gasteiger partial charge in [0, 0.05) is 31.6 Å². The van der Waals surface area contributed by atoms with E-state index in [0.29, 0.717) is 30.1 Å². The van der Waals surface area contributed by atoms with Crippen LogP contribution in [0.1, 0.15) is 12.0 Å². The summed E-state index contributed by atoms with van der Waals surface area (Å²) in [5.74, 6) is -1.39. The molecule has 1 N–H and O–H groups in total. The van der Waals surface area contributed by atoms with Crippen LogP contribution in [0.25, 0.3) is 0 Å². The van der Waals surface area contributed by atoms with Crippen molar-refractivity contribution < 1.29 is 40.8 Å². The van der Waals surface area contributed by atoms with Gasteiger partial charge in [-0.25, -0.2) is 21.8 Å². The maximum Gasteiger partial charge on any atom is 0.306 e. The number of nitrogens with one attached hydrogen (secondary N) is 1. The fraction of sp³-hybridized carbons (Fsp3) is 0.292. The SMILES string of the molecule is O=C(COC(=O)CCc1ccc(S(=O)(=O)N2CCOCC2)cc1)Nc1ncc(S(=O)(=O)c2ccc([N+](=O)[O-])cc2)s1. The van der Waals surface area contributed by atoms with Crippen molar-refractivity contribution in [2.75, 3.05) is 38.2 Å². The van der Waals surface area contributed by atoms with Crippen LogP contribution >= 0.6 is 11.3 Å². The fourth-order valence-corrected chi connectivity index (χ4v) is 7.55. The molecule has 1 amide bonds. The van der Waals surface area contributed by atoms with Crippen LogP contribution in [0.15, 0.2) is 68.7 Å². The molecule has 0 spiro atoms. The Bertz CT molecular complexity index is 1630. The highest BCUT2D eigenvalue weighted by molar-refractivity contribution is 7.93. The third-order valence-electron chi connectivity index (χ3n) is 5.87. The lowest BCUT2D eigenvalue weighted by Crippen LogP contribution is -2.40. The highest BCUT2D eigenvalue weighted by atomic mass is 32.2. The van der Waals surface area contributed by atoms with Gasteiger partial charge in [0.25, 0.3) is 11.6 Å². The molecule has 14 nitrogen and oxygen atoms in total. The number of thiazole rings is 1. The summed E-state index contributed by atoms with van der Waals surface area (Å²) in [6.07, 6.45) is 1.24. The molecule has 2 heterocycles. The zero-order valence-corrected chi connectivity index (χ0v) is 23.7. The number of sulfone groups is 1. The minimum absolute atomic E-state index is 0.0429. The molecule has 1 aliphatic rings. The van der Waals surface area contributed by atoms with E-state index in [2.05, 4.69) is 10.3 Å². The number of non-ortho nitro benzene ring substituents is 1. The van der Waals surface area contributed by atoms with Crippen LogP contribution in [0.5, 0.6) is 0 Å². The number of morpholine rings is 1. The lowest BCUT2D eigenvalue weighted by Gasteiger charge is -2.26. The number of anilines is 1. The zero-order valence-electron chi connectivity index (χ0n) is 21.3. The Labute approximate surface area is 239 Å². The molecular formula is C24H24N4O10S3. The van der Waals surface area contributed by atoms with Crippen LogP contribution in [0.4, 0.5) is 10.8 Å². The Morgan fingerprint density at radius 1 is 1.02 bits per heavy atom. The molecule has 41 heavy (non-hydrogen) atoms. The zero-order chi connectivity index (χ0) is 29.6. The van der Waals surface area contributed by atoms with E-state index in [4.69, 9.17) is 9.47 Å². The Morgan fingerprint density at radius 3 is 2.29 bits per heavy atom. The number of benzene rings is 2. The number of rotatable bonds is 11. The maximum absolute atomic E-state index is 12.7. The molecule has 4 rings (SSSR count). The summed E-state index contributed by atoms with van der Waals surface area (Å²) in [7, 11) is -7.64. The number of hydrogen-bond donors (Lipinski definition) is 1. The molecule has 218 valence electrons. The number of nitro groups is 1. The van der Waals surface area contributed by atoms with Crippen LogP contribution in [-0.2, 0) is 45.3 Å². The van der Waals surface area contributed by atoms with Crippen LogP contribution in [0.2, 0.25) is 0 Å². The van der Waals surface area contributed by atoms with Crippen molar-refractivity contribution in [1.82, 2.24) is 9.29 Å². The number of aryl methyl sites for hydroxylation is 1. The lowest BCUT2D eigenvalue weighted by molar-refractivity contribution is -0.384. The van der Waals surface area contributed by atoms with E-state index in [1.54, 1.807) is 12.1 Å². The van der Waals surface area contributed by atoms with E-state index < -0.39 is 43.3 Å². The second-order valence-electron chi connectivity index (χ2n) is 8.61. The van der Waals surface area contributed by atoms with Gasteiger partial charge in [0.15, 0.2) is 11.7 Å². The van der Waals surface area contributed by atoms with Gasteiger partial charge in [-0.05, 0) is 36.2 Å². The van der Waals surface area contributed by atoms with Crippen molar-refractivity contribution in [1.29, 1.82) is 0 Å². The third kappa shape index (κ3) is 7.50. The van der Waals surface area contributed by atoms with Crippen molar-refractivity contribution >= 4 is 53.9 Å². The van der Waals surface area contributed by atoms with Gasteiger partial charge in [0.2, 0.25) is 19.9 Å². The summed E-state index contributed by atoms with van der Waals surface area (Å²) in [5.41, 5.74) is 0.445. The Balaban J connectivity index is 1.24. The van der Waals surface area contributed by atoms with E-state index >= 15 is 0 Å². The Hall–Kier alpha value is -3.77. The first-order valence-electron chi connectivity index (χ1n) is 12.0. The van der Waals surface area contributed by atoms with Gasteiger partial charge in [-0.1, -0.05) is 23.5 Å². The number of esters is 1. The van der Waals surface area contributed by atoms with Crippen molar-refractivity contribution in [3.8, 4) is 0 Å². The first-order valence-corrected chi connectivity index (χ1v) is 15.8. The largest absolute Gasteiger partial charge is 0.456 e. The van der Waals surface area contributed by atoms with Crippen LogP contribution in [0, 0.1) is 10.1 Å². The van der Waals surface area contributed by atoms with Crippen molar-refractivity contribution in [2.24, 2.45) is 0 Å². The summed E-state index contributed by atoms with van der Waals surface area (Å²) in [4.78, 5) is 38.2. The Kier molecular flexibility index (Phi) is 9.44. The summed E-state index contributed by atoms with van der Waals surface area (Å²) in [5, 5.41) is 13.1. The van der Waals surface area contributed by atoms with Gasteiger partial charge in [-0.15, -0.1) is 0 Å². The smallest absolute Gasteiger partial charge is 0.306 e. The molecule has 0 saturated carbocycles. The minimum atomic E-state index is -4.02. The molecule has 1 aromatic heterocycles. The quantitative estimate of drug-likeness (QED) is 0.186. The van der Waals surface area contributed by atoms with E-state index in [1.807, 2.05) is 0 Å². The molecule has 0 unspecified atom stereocenters. The van der Waals surface area contributed by atoms with E-state index in [1.165, 1.54) is 16.4 Å². The summed E-state index contributed by atoms with van der Waals surface area (Å²) in [6, 6.07) is 10.5. The van der Waals surface area contributed by atoms with E-state index in [0.717, 1.165) is 30.5 Å². The second kappa shape index (κ2) is 12.8. The van der Waals surface area contributed by atoms with Crippen LogP contribution in [-0.4, -0.2) is 75.8 Å². The molecule has 1 aliphatic heterocycles. The van der Waals surface area contributed by atoms with Crippen LogP contribution in [0.3, 0.4) is 0 Å². The predicted octanol–water partition coefficient (Wildman–Crippen LogP) is 2.02. The van der Waals surface area contributed by atoms with Crippen molar-refractivity contribution in [3.63, 3.8) is 0 Å². The van der Waals surface area contributed by atoms with Gasteiger partial charge in [-0.3, -0.25) is 25.0 Å². The second-order valence-corrected chi connectivity index (χ2v) is 13.8. The number of hydrogen-bond acceptors (Lipinski definition) is 12. The van der Waals surface area contributed by atoms with E-state index in [9.17, 15) is 36.5 Å². The molecule has 0 atom stereocenters. The number of carbonyl (C=O) groups is 2. The number of nitro benzene ring substituents is 1. The number of aromatic nitrogens is 1. The number of nitrogens with zero attached hydrogens (tertiary/aromatic N) is 3. The third-order valence-corrected chi connectivity index (χ3v) is 10.9. The van der Waals surface area contributed by atoms with Crippen molar-refractivity contribution in [3.05, 3.63) is 70.4 Å². The normalized spacial score (nSPS) is 14.3. The fourth-order valence-electron chi connectivity index (χ4n) is 3.69. The standard InChI is InChI=1S/C24H24N4O10S3/c29-21(26-24-25-15-23(39-24)40(33,34)19-8-4-18(5-9-19)28(31)32)16-38-22(30)10-3-17-1-6-20(7-2-17)41(35,36)27-11-13-37-14-12-27/h1-2,4-9,15H,3,10-14,16H2,(H,25,26,29). The average molecular weight is 625 g/mol. The topological polar surface area (TPSA) is 192 Å². The Morgan fingerprint density at radius 2 is 1.66 bits per heavy atom. The number of sulfonamides is 1. The number of ether oxygens (including phenoxy) is 2.